The Kier molecular flexibility index (Phi) is 4.87. The predicted molar refractivity (Wildman–Crippen MR) is 107 cm³/mol. The van der Waals surface area contributed by atoms with Gasteiger partial charge >= 0.3 is 6.09 Å². The maximum atomic E-state index is 13.6. The topological polar surface area (TPSA) is 50.8 Å². The fourth-order valence-corrected chi connectivity index (χ4v) is 4.75. The third kappa shape index (κ3) is 3.81. The molecular formula is C23H25FN2O3. The van der Waals surface area contributed by atoms with Crippen molar-refractivity contribution in [1.82, 2.24) is 10.2 Å². The monoisotopic (exact) mass is 396 g/mol. The lowest BCUT2D eigenvalue weighted by Gasteiger charge is -2.44. The van der Waals surface area contributed by atoms with E-state index in [0.717, 1.165) is 54.9 Å². The van der Waals surface area contributed by atoms with Gasteiger partial charge in [-0.15, -0.1) is 0 Å². The molecule has 6 rings (SSSR count). The first-order valence-corrected chi connectivity index (χ1v) is 10.4. The summed E-state index contributed by atoms with van der Waals surface area (Å²) in [6.07, 6.45) is 2.51. The highest BCUT2D eigenvalue weighted by molar-refractivity contribution is 5.70. The molecule has 2 aromatic rings. The predicted octanol–water partition coefficient (Wildman–Crippen LogP) is 4.14. The van der Waals surface area contributed by atoms with Crippen LogP contribution in [0, 0.1) is 11.7 Å². The number of carbonyl (C=O) groups is 1. The number of benzene rings is 2. The first kappa shape index (κ1) is 18.4. The van der Waals surface area contributed by atoms with Crippen molar-refractivity contribution in [3.8, 4) is 16.9 Å². The Hall–Kier alpha value is -2.60. The summed E-state index contributed by atoms with van der Waals surface area (Å²) in [5.41, 5.74) is 2.60. The number of rotatable bonds is 3. The maximum Gasteiger partial charge on any atom is 0.407 e. The van der Waals surface area contributed by atoms with E-state index in [1.54, 1.807) is 6.07 Å². The number of nitrogens with one attached hydrogen (secondary N) is 1. The number of carbonyl (C=O) groups excluding carboxylic acids is 1. The van der Waals surface area contributed by atoms with Gasteiger partial charge in [-0.2, -0.15) is 0 Å². The molecule has 29 heavy (non-hydrogen) atoms. The smallest absolute Gasteiger partial charge is 0.407 e. The highest BCUT2D eigenvalue weighted by Gasteiger charge is 2.37. The Balaban J connectivity index is 1.32. The van der Waals surface area contributed by atoms with Crippen molar-refractivity contribution in [3.05, 3.63) is 53.8 Å². The lowest BCUT2D eigenvalue weighted by molar-refractivity contribution is -0.0342. The van der Waals surface area contributed by atoms with Crippen LogP contribution in [0.25, 0.3) is 11.1 Å². The van der Waals surface area contributed by atoms with E-state index in [0.29, 0.717) is 18.9 Å². The van der Waals surface area contributed by atoms with Crippen LogP contribution < -0.4 is 10.1 Å². The van der Waals surface area contributed by atoms with Gasteiger partial charge in [-0.3, -0.25) is 4.90 Å². The van der Waals surface area contributed by atoms with Crippen molar-refractivity contribution in [2.24, 2.45) is 5.92 Å². The molecule has 0 radical (unpaired) electrons. The summed E-state index contributed by atoms with van der Waals surface area (Å²) in [7, 11) is 0. The number of ether oxygens (including phenoxy) is 2. The van der Waals surface area contributed by atoms with Crippen LogP contribution >= 0.6 is 0 Å². The van der Waals surface area contributed by atoms with Crippen LogP contribution in [0.3, 0.4) is 0 Å². The number of hydrogen-bond donors (Lipinski definition) is 1. The summed E-state index contributed by atoms with van der Waals surface area (Å²) >= 11 is 0. The molecule has 3 fully saturated rings. The summed E-state index contributed by atoms with van der Waals surface area (Å²) < 4.78 is 25.2. The highest BCUT2D eigenvalue weighted by atomic mass is 19.1. The molecule has 5 nitrogen and oxygen atoms in total. The van der Waals surface area contributed by atoms with Crippen LogP contribution in [-0.2, 0) is 4.74 Å². The van der Waals surface area contributed by atoms with Gasteiger partial charge in [0, 0.05) is 18.5 Å². The standard InChI is InChI=1S/C23H25FN2O3/c24-18-3-1-2-16(12-18)17-4-5-21-19(13-17)20(8-11-28-21)25-23(27)29-22-14-26-9-6-15(22)7-10-26/h1-5,12-13,15,20,22H,6-11,14H2,(H,25,27)/t20?,22-/m0/s1. The Bertz CT molecular complexity index is 911. The molecule has 2 atom stereocenters. The molecule has 2 bridgehead atoms. The van der Waals surface area contributed by atoms with Crippen LogP contribution in [0.15, 0.2) is 42.5 Å². The van der Waals surface area contributed by atoms with E-state index in [9.17, 15) is 9.18 Å². The molecule has 0 saturated carbocycles. The fraction of sp³-hybridized carbons (Fsp3) is 0.435. The zero-order valence-corrected chi connectivity index (χ0v) is 16.3. The molecule has 0 spiro atoms. The van der Waals surface area contributed by atoms with Gasteiger partial charge in [0.1, 0.15) is 17.7 Å². The fourth-order valence-electron chi connectivity index (χ4n) is 4.75. The normalized spacial score (nSPS) is 27.6. The number of fused-ring (bicyclic) bond motifs is 4. The minimum absolute atomic E-state index is 0.0181. The van der Waals surface area contributed by atoms with E-state index in [1.807, 2.05) is 24.3 Å². The van der Waals surface area contributed by atoms with Gasteiger partial charge < -0.3 is 14.8 Å². The minimum atomic E-state index is -0.363. The summed E-state index contributed by atoms with van der Waals surface area (Å²) in [4.78, 5) is 15.0. The molecule has 0 aliphatic carbocycles. The average Bonchev–Trinajstić information content (AvgIpc) is 2.74. The number of piperidine rings is 3. The van der Waals surface area contributed by atoms with E-state index >= 15 is 0 Å². The van der Waals surface area contributed by atoms with Gasteiger partial charge in [0.15, 0.2) is 0 Å². The Morgan fingerprint density at radius 1 is 1.10 bits per heavy atom. The van der Waals surface area contributed by atoms with Crippen molar-refractivity contribution in [2.75, 3.05) is 26.2 Å². The lowest BCUT2D eigenvalue weighted by atomic mass is 9.86. The summed E-state index contributed by atoms with van der Waals surface area (Å²) in [5, 5.41) is 3.04. The molecule has 152 valence electrons. The summed E-state index contributed by atoms with van der Waals surface area (Å²) in [6.45, 7) is 3.61. The van der Waals surface area contributed by atoms with Crippen molar-refractivity contribution < 1.29 is 18.7 Å². The lowest BCUT2D eigenvalue weighted by Crippen LogP contribution is -2.52. The molecule has 1 amide bonds. The first-order valence-electron chi connectivity index (χ1n) is 10.4. The molecule has 4 aliphatic rings. The summed E-state index contributed by atoms with van der Waals surface area (Å²) in [5.74, 6) is 0.962. The van der Waals surface area contributed by atoms with E-state index in [1.165, 1.54) is 12.1 Å². The second kappa shape index (κ2) is 7.67. The van der Waals surface area contributed by atoms with E-state index < -0.39 is 0 Å². The van der Waals surface area contributed by atoms with Gasteiger partial charge in [0.05, 0.1) is 12.6 Å². The number of hydrogen-bond acceptors (Lipinski definition) is 4. The van der Waals surface area contributed by atoms with Crippen LogP contribution in [0.4, 0.5) is 9.18 Å². The average molecular weight is 396 g/mol. The molecule has 3 saturated heterocycles. The van der Waals surface area contributed by atoms with Crippen molar-refractivity contribution in [3.63, 3.8) is 0 Å². The molecule has 6 heteroatoms. The Labute approximate surface area is 169 Å². The molecule has 4 heterocycles. The molecule has 0 aromatic heterocycles. The van der Waals surface area contributed by atoms with Gasteiger partial charge in [-0.1, -0.05) is 18.2 Å². The van der Waals surface area contributed by atoms with Crippen LogP contribution in [0.5, 0.6) is 5.75 Å². The molecule has 2 aromatic carbocycles. The van der Waals surface area contributed by atoms with Gasteiger partial charge in [-0.25, -0.2) is 9.18 Å². The maximum absolute atomic E-state index is 13.6. The molecule has 4 aliphatic heterocycles. The van der Waals surface area contributed by atoms with E-state index in [2.05, 4.69) is 10.2 Å². The van der Waals surface area contributed by atoms with Crippen LogP contribution in [-0.4, -0.2) is 43.3 Å². The number of nitrogens with zero attached hydrogens (tertiary/aromatic N) is 1. The largest absolute Gasteiger partial charge is 0.493 e. The van der Waals surface area contributed by atoms with Crippen molar-refractivity contribution in [2.45, 2.75) is 31.4 Å². The second-order valence-electron chi connectivity index (χ2n) is 8.18. The quantitative estimate of drug-likeness (QED) is 0.847. The highest BCUT2D eigenvalue weighted by Crippen LogP contribution is 2.36. The van der Waals surface area contributed by atoms with Gasteiger partial charge in [0.2, 0.25) is 0 Å². The van der Waals surface area contributed by atoms with Crippen molar-refractivity contribution >= 4 is 6.09 Å². The van der Waals surface area contributed by atoms with Crippen LogP contribution in [0.2, 0.25) is 0 Å². The van der Waals surface area contributed by atoms with E-state index in [4.69, 9.17) is 9.47 Å². The van der Waals surface area contributed by atoms with E-state index in [-0.39, 0.29) is 24.1 Å². The minimum Gasteiger partial charge on any atom is -0.493 e. The number of alkyl carbamates (subject to hydrolysis) is 1. The third-order valence-corrected chi connectivity index (χ3v) is 6.35. The molecule has 1 N–H and O–H groups in total. The van der Waals surface area contributed by atoms with Crippen molar-refractivity contribution in [1.29, 1.82) is 0 Å². The molecular weight excluding hydrogens is 371 g/mol. The van der Waals surface area contributed by atoms with Gasteiger partial charge in [0.25, 0.3) is 0 Å². The molecule has 1 unspecified atom stereocenters. The number of halogens is 1. The SMILES string of the molecule is O=C(NC1CCOc2ccc(-c3cccc(F)c3)cc21)O[C@H]1CN2CCC1CC2. The van der Waals surface area contributed by atoms with Crippen LogP contribution in [0.1, 0.15) is 30.9 Å². The Morgan fingerprint density at radius 3 is 2.69 bits per heavy atom. The Morgan fingerprint density at radius 2 is 1.93 bits per heavy atom. The number of amides is 1. The van der Waals surface area contributed by atoms with Gasteiger partial charge in [-0.05, 0) is 67.2 Å². The summed E-state index contributed by atoms with van der Waals surface area (Å²) in [6, 6.07) is 12.1. The zero-order chi connectivity index (χ0) is 19.8. The first-order chi connectivity index (χ1) is 14.2. The zero-order valence-electron chi connectivity index (χ0n) is 16.3. The third-order valence-electron chi connectivity index (χ3n) is 6.35. The second-order valence-corrected chi connectivity index (χ2v) is 8.18.